The van der Waals surface area contributed by atoms with Crippen molar-refractivity contribution in [2.45, 2.75) is 29.7 Å². The minimum Gasteiger partial charge on any atom is -0.493 e. The Hall–Kier alpha value is -1.51. The lowest BCUT2D eigenvalue weighted by Crippen LogP contribution is -2.29. The smallest absolute Gasteiger partial charge is 0.191 e. The molecule has 1 aromatic carbocycles. The molecule has 3 rings (SSSR count). The largest absolute Gasteiger partial charge is 0.493 e. The molecule has 2 heterocycles. The summed E-state index contributed by atoms with van der Waals surface area (Å²) in [4.78, 5) is 0. The first-order valence-electron chi connectivity index (χ1n) is 8.27. The molecule has 1 N–H and O–H groups in total. The molecule has 1 saturated heterocycles. The van der Waals surface area contributed by atoms with Gasteiger partial charge in [-0.05, 0) is 25.5 Å². The van der Waals surface area contributed by atoms with Gasteiger partial charge in [-0.3, -0.25) is 0 Å². The van der Waals surface area contributed by atoms with Gasteiger partial charge in [-0.1, -0.05) is 11.8 Å². The number of hydrogen-bond donors (Lipinski definition) is 1. The highest BCUT2D eigenvalue weighted by Gasteiger charge is 2.22. The van der Waals surface area contributed by atoms with Gasteiger partial charge in [0, 0.05) is 36.9 Å². The monoisotopic (exact) mass is 402 g/mol. The highest BCUT2D eigenvalue weighted by Crippen LogP contribution is 2.33. The number of benzene rings is 1. The van der Waals surface area contributed by atoms with E-state index in [0.29, 0.717) is 28.7 Å². The molecule has 0 aliphatic carbocycles. The van der Waals surface area contributed by atoms with Crippen molar-refractivity contribution in [1.82, 2.24) is 20.1 Å². The average molecular weight is 403 g/mol. The van der Waals surface area contributed by atoms with Crippen molar-refractivity contribution in [1.29, 1.82) is 0 Å². The third kappa shape index (κ3) is 4.42. The Bertz CT molecular complexity index is 738. The Morgan fingerprint density at radius 2 is 2.00 bits per heavy atom. The molecule has 1 aliphatic rings. The fourth-order valence-electron chi connectivity index (χ4n) is 3.03. The zero-order chi connectivity index (χ0) is 17.8. The van der Waals surface area contributed by atoms with Crippen molar-refractivity contribution in [3.05, 3.63) is 29.3 Å². The van der Waals surface area contributed by atoms with Gasteiger partial charge < -0.3 is 19.4 Å². The number of halogens is 2. The van der Waals surface area contributed by atoms with Crippen LogP contribution in [0.25, 0.3) is 0 Å². The van der Waals surface area contributed by atoms with Crippen LogP contribution in [0.1, 0.15) is 30.1 Å². The van der Waals surface area contributed by atoms with E-state index in [0.717, 1.165) is 36.9 Å². The molecule has 0 saturated carbocycles. The van der Waals surface area contributed by atoms with Crippen LogP contribution in [0, 0.1) is 5.82 Å². The Kier molecular flexibility index (Phi) is 7.55. The van der Waals surface area contributed by atoms with Gasteiger partial charge in [0.15, 0.2) is 16.7 Å². The maximum atomic E-state index is 14.3. The Balaban J connectivity index is 0.00000243. The Morgan fingerprint density at radius 3 is 2.65 bits per heavy atom. The molecule has 1 unspecified atom stereocenters. The molecule has 9 heteroatoms. The molecule has 0 amide bonds. The Labute approximate surface area is 163 Å². The van der Waals surface area contributed by atoms with Crippen LogP contribution in [0.4, 0.5) is 4.39 Å². The number of aromatic nitrogens is 3. The summed E-state index contributed by atoms with van der Waals surface area (Å²) in [6.45, 7) is 2.00. The molecule has 0 spiro atoms. The van der Waals surface area contributed by atoms with Gasteiger partial charge in [-0.25, -0.2) is 4.39 Å². The summed E-state index contributed by atoms with van der Waals surface area (Å²) in [7, 11) is 5.00. The van der Waals surface area contributed by atoms with Crippen molar-refractivity contribution in [2.24, 2.45) is 7.05 Å². The van der Waals surface area contributed by atoms with Crippen LogP contribution in [-0.2, 0) is 12.8 Å². The van der Waals surface area contributed by atoms with Crippen LogP contribution in [0.15, 0.2) is 17.3 Å². The summed E-state index contributed by atoms with van der Waals surface area (Å²) >= 11 is 1.46. The molecule has 1 atom stereocenters. The predicted octanol–water partition coefficient (Wildman–Crippen LogP) is 3.15. The van der Waals surface area contributed by atoms with E-state index in [1.165, 1.54) is 24.9 Å². The maximum Gasteiger partial charge on any atom is 0.191 e. The topological polar surface area (TPSA) is 61.2 Å². The molecule has 6 nitrogen and oxygen atoms in total. The first kappa shape index (κ1) is 20.8. The number of hydrogen-bond acceptors (Lipinski definition) is 6. The first-order valence-corrected chi connectivity index (χ1v) is 9.25. The van der Waals surface area contributed by atoms with Gasteiger partial charge in [-0.15, -0.1) is 22.6 Å². The zero-order valence-electron chi connectivity index (χ0n) is 15.1. The number of nitrogens with zero attached hydrogens (tertiary/aromatic N) is 3. The van der Waals surface area contributed by atoms with E-state index in [2.05, 4.69) is 15.5 Å². The molecule has 26 heavy (non-hydrogen) atoms. The van der Waals surface area contributed by atoms with Crippen LogP contribution in [0.2, 0.25) is 0 Å². The van der Waals surface area contributed by atoms with Crippen molar-refractivity contribution in [3.8, 4) is 11.5 Å². The van der Waals surface area contributed by atoms with Crippen molar-refractivity contribution in [3.63, 3.8) is 0 Å². The lowest BCUT2D eigenvalue weighted by atomic mass is 9.99. The molecule has 1 aromatic heterocycles. The van der Waals surface area contributed by atoms with Gasteiger partial charge >= 0.3 is 0 Å². The number of ether oxygens (including phenoxy) is 2. The number of methoxy groups -OCH3 is 2. The van der Waals surface area contributed by atoms with Gasteiger partial charge in [0.05, 0.1) is 14.2 Å². The summed E-state index contributed by atoms with van der Waals surface area (Å²) in [6.07, 6.45) is 2.27. The second kappa shape index (κ2) is 9.43. The fourth-order valence-corrected chi connectivity index (χ4v) is 3.92. The van der Waals surface area contributed by atoms with Gasteiger partial charge in [-0.2, -0.15) is 0 Å². The standard InChI is InChI=1S/C17H23FN4O2S.ClH/c1-22-16(11-5-4-6-19-9-11)20-21-17(22)25-10-12-7-14(23-2)15(24-3)8-13(12)18;/h7-8,11,19H,4-6,9-10H2,1-3H3;1H. The predicted molar refractivity (Wildman–Crippen MR) is 102 cm³/mol. The zero-order valence-corrected chi connectivity index (χ0v) is 16.8. The second-order valence-corrected chi connectivity index (χ2v) is 6.97. The lowest BCUT2D eigenvalue weighted by Gasteiger charge is -2.21. The first-order chi connectivity index (χ1) is 12.1. The summed E-state index contributed by atoms with van der Waals surface area (Å²) < 4.78 is 26.6. The van der Waals surface area contributed by atoms with Gasteiger partial charge in [0.2, 0.25) is 0 Å². The SMILES string of the molecule is COc1cc(F)c(CSc2nnc(C3CCCNC3)n2C)cc1OC.Cl. The summed E-state index contributed by atoms with van der Waals surface area (Å²) in [5.74, 6) is 2.41. The molecular formula is C17H24ClFN4O2S. The minimum absolute atomic E-state index is 0. The van der Waals surface area contributed by atoms with E-state index in [1.54, 1.807) is 13.2 Å². The van der Waals surface area contributed by atoms with E-state index in [9.17, 15) is 4.39 Å². The molecule has 0 bridgehead atoms. The van der Waals surface area contributed by atoms with E-state index in [1.807, 2.05) is 11.6 Å². The fraction of sp³-hybridized carbons (Fsp3) is 0.529. The molecule has 2 aromatic rings. The molecular weight excluding hydrogens is 379 g/mol. The number of rotatable bonds is 6. The van der Waals surface area contributed by atoms with Crippen LogP contribution in [0.3, 0.4) is 0 Å². The molecule has 0 radical (unpaired) electrons. The normalized spacial score (nSPS) is 16.8. The van der Waals surface area contributed by atoms with Crippen LogP contribution >= 0.6 is 24.2 Å². The van der Waals surface area contributed by atoms with Crippen molar-refractivity contribution >= 4 is 24.2 Å². The third-order valence-electron chi connectivity index (χ3n) is 4.44. The van der Waals surface area contributed by atoms with Gasteiger partial charge in [0.25, 0.3) is 0 Å². The quantitative estimate of drug-likeness (QED) is 0.749. The van der Waals surface area contributed by atoms with Gasteiger partial charge in [0.1, 0.15) is 11.6 Å². The van der Waals surface area contributed by atoms with Crippen molar-refractivity contribution in [2.75, 3.05) is 27.3 Å². The summed E-state index contributed by atoms with van der Waals surface area (Å²) in [6, 6.07) is 3.02. The van der Waals surface area contributed by atoms with Crippen LogP contribution < -0.4 is 14.8 Å². The summed E-state index contributed by atoms with van der Waals surface area (Å²) in [5, 5.41) is 12.8. The maximum absolute atomic E-state index is 14.3. The highest BCUT2D eigenvalue weighted by molar-refractivity contribution is 7.98. The summed E-state index contributed by atoms with van der Waals surface area (Å²) in [5.41, 5.74) is 0.548. The highest BCUT2D eigenvalue weighted by atomic mass is 35.5. The number of nitrogens with one attached hydrogen (secondary N) is 1. The lowest BCUT2D eigenvalue weighted by molar-refractivity contribution is 0.352. The molecule has 144 valence electrons. The number of thioether (sulfide) groups is 1. The third-order valence-corrected chi connectivity index (χ3v) is 5.51. The van der Waals surface area contributed by atoms with E-state index < -0.39 is 0 Å². The van der Waals surface area contributed by atoms with Crippen LogP contribution in [-0.4, -0.2) is 42.1 Å². The van der Waals surface area contributed by atoms with Crippen LogP contribution in [0.5, 0.6) is 11.5 Å². The Morgan fingerprint density at radius 1 is 1.27 bits per heavy atom. The average Bonchev–Trinajstić information content (AvgIpc) is 3.01. The molecule has 1 fully saturated rings. The minimum atomic E-state index is -0.316. The van der Waals surface area contributed by atoms with E-state index in [-0.39, 0.29) is 18.2 Å². The second-order valence-electron chi connectivity index (χ2n) is 6.03. The van der Waals surface area contributed by atoms with Crippen molar-refractivity contribution < 1.29 is 13.9 Å². The number of piperidine rings is 1. The molecule has 1 aliphatic heterocycles. The van der Waals surface area contributed by atoms with E-state index in [4.69, 9.17) is 9.47 Å². The van der Waals surface area contributed by atoms with E-state index >= 15 is 0 Å².